The number of aryl methyl sites for hydroxylation is 1. The van der Waals surface area contributed by atoms with E-state index < -0.39 is 11.7 Å². The Hall–Kier alpha value is -3.56. The number of amides is 1. The molecule has 1 aromatic carbocycles. The molecule has 7 nitrogen and oxygen atoms in total. The topological polar surface area (TPSA) is 63.4 Å². The lowest BCUT2D eigenvalue weighted by Gasteiger charge is -2.36. The first-order chi connectivity index (χ1) is 17.1. The molecule has 36 heavy (non-hydrogen) atoms. The first-order valence-corrected chi connectivity index (χ1v) is 12.1. The standard InChI is InChI=1S/C26H28F3N5O2/c1-17-13-32(16-30-17)21-8-9-22-25(36)33(18(2)14-34(22)24(21)35)15-19-6-7-20(26(27,28)29)23(12-19)31-10-4-3-5-11-31/h6-9,12-13,16,18H,3-5,10-11,14-15H2,1-2H3/t18-/m1/s1. The van der Waals surface area contributed by atoms with Crippen molar-refractivity contribution in [2.24, 2.45) is 0 Å². The van der Waals surface area contributed by atoms with E-state index in [1.165, 1.54) is 10.6 Å². The Balaban J connectivity index is 1.45. The Bertz CT molecular complexity index is 1350. The van der Waals surface area contributed by atoms with Crippen molar-refractivity contribution in [3.8, 4) is 5.69 Å². The monoisotopic (exact) mass is 499 g/mol. The number of imidazole rings is 1. The van der Waals surface area contributed by atoms with Crippen molar-refractivity contribution < 1.29 is 18.0 Å². The summed E-state index contributed by atoms with van der Waals surface area (Å²) in [5.41, 5.74) is 1.31. The maximum atomic E-state index is 13.7. The quantitative estimate of drug-likeness (QED) is 0.534. The maximum absolute atomic E-state index is 13.7. The summed E-state index contributed by atoms with van der Waals surface area (Å²) in [6.45, 7) is 5.29. The predicted molar refractivity (Wildman–Crippen MR) is 129 cm³/mol. The van der Waals surface area contributed by atoms with Gasteiger partial charge in [-0.25, -0.2) is 4.98 Å². The lowest BCUT2D eigenvalue weighted by molar-refractivity contribution is -0.137. The molecule has 3 aromatic rings. The van der Waals surface area contributed by atoms with E-state index in [-0.39, 0.29) is 35.4 Å². The van der Waals surface area contributed by atoms with Gasteiger partial charge in [0.15, 0.2) is 0 Å². The molecule has 1 atom stereocenters. The van der Waals surface area contributed by atoms with Crippen LogP contribution >= 0.6 is 0 Å². The molecule has 1 saturated heterocycles. The van der Waals surface area contributed by atoms with Gasteiger partial charge in [0.1, 0.15) is 11.4 Å². The fourth-order valence-electron chi connectivity index (χ4n) is 5.13. The second kappa shape index (κ2) is 9.15. The Morgan fingerprint density at radius 2 is 1.78 bits per heavy atom. The fraction of sp³-hybridized carbons (Fsp3) is 0.423. The van der Waals surface area contributed by atoms with Gasteiger partial charge in [0.25, 0.3) is 11.5 Å². The lowest BCUT2D eigenvalue weighted by atomic mass is 10.0. The van der Waals surface area contributed by atoms with Crippen LogP contribution in [0.15, 0.2) is 47.7 Å². The molecule has 1 fully saturated rings. The molecule has 2 aromatic heterocycles. The molecule has 5 rings (SSSR count). The van der Waals surface area contributed by atoms with Crippen LogP contribution < -0.4 is 10.5 Å². The molecule has 1 amide bonds. The molecule has 2 aliphatic heterocycles. The number of fused-ring (bicyclic) bond motifs is 1. The lowest BCUT2D eigenvalue weighted by Crippen LogP contribution is -2.49. The number of benzene rings is 1. The van der Waals surface area contributed by atoms with E-state index in [1.807, 2.05) is 13.8 Å². The number of carbonyl (C=O) groups is 1. The van der Waals surface area contributed by atoms with Crippen molar-refractivity contribution in [2.75, 3.05) is 18.0 Å². The zero-order valence-electron chi connectivity index (χ0n) is 20.3. The molecule has 0 bridgehead atoms. The normalized spacial score (nSPS) is 18.5. The molecule has 0 N–H and O–H groups in total. The number of anilines is 1. The smallest absolute Gasteiger partial charge is 0.371 e. The highest BCUT2D eigenvalue weighted by Crippen LogP contribution is 2.38. The molecule has 4 heterocycles. The summed E-state index contributed by atoms with van der Waals surface area (Å²) < 4.78 is 44.4. The van der Waals surface area contributed by atoms with Gasteiger partial charge in [-0.1, -0.05) is 6.07 Å². The van der Waals surface area contributed by atoms with Crippen LogP contribution in [0.1, 0.15) is 53.5 Å². The van der Waals surface area contributed by atoms with Crippen molar-refractivity contribution in [3.63, 3.8) is 0 Å². The highest BCUT2D eigenvalue weighted by atomic mass is 19.4. The van der Waals surface area contributed by atoms with Crippen LogP contribution in [-0.4, -0.2) is 44.1 Å². The van der Waals surface area contributed by atoms with Crippen molar-refractivity contribution >= 4 is 11.6 Å². The number of carbonyl (C=O) groups excluding carboxylic acids is 1. The van der Waals surface area contributed by atoms with Gasteiger partial charge >= 0.3 is 6.18 Å². The van der Waals surface area contributed by atoms with E-state index in [4.69, 9.17) is 0 Å². The van der Waals surface area contributed by atoms with Crippen molar-refractivity contribution in [1.82, 2.24) is 19.0 Å². The van der Waals surface area contributed by atoms with E-state index in [0.29, 0.717) is 30.9 Å². The van der Waals surface area contributed by atoms with Crippen LogP contribution in [0.2, 0.25) is 0 Å². The summed E-state index contributed by atoms with van der Waals surface area (Å²) in [5.74, 6) is -0.321. The van der Waals surface area contributed by atoms with Gasteiger partial charge in [-0.05, 0) is 62.9 Å². The number of alkyl halides is 3. The number of piperidine rings is 1. The summed E-state index contributed by atoms with van der Waals surface area (Å²) in [6, 6.07) is 7.05. The van der Waals surface area contributed by atoms with E-state index in [1.54, 1.807) is 45.1 Å². The second-order valence-electron chi connectivity index (χ2n) is 9.62. The predicted octanol–water partition coefficient (Wildman–Crippen LogP) is 4.40. The van der Waals surface area contributed by atoms with Crippen LogP contribution in [-0.2, 0) is 19.3 Å². The molecule has 10 heteroatoms. The third-order valence-corrected chi connectivity index (χ3v) is 7.02. The number of pyridine rings is 1. The Morgan fingerprint density at radius 1 is 1.03 bits per heavy atom. The Kier molecular flexibility index (Phi) is 6.13. The van der Waals surface area contributed by atoms with E-state index in [0.717, 1.165) is 31.0 Å². The molecule has 0 aliphatic carbocycles. The zero-order chi connectivity index (χ0) is 25.6. The molecule has 0 spiro atoms. The van der Waals surface area contributed by atoms with E-state index in [2.05, 4.69) is 4.98 Å². The summed E-state index contributed by atoms with van der Waals surface area (Å²) in [5, 5.41) is 0. The molecule has 0 unspecified atom stereocenters. The maximum Gasteiger partial charge on any atom is 0.418 e. The van der Waals surface area contributed by atoms with Crippen LogP contribution in [0.3, 0.4) is 0 Å². The number of nitrogens with zero attached hydrogens (tertiary/aromatic N) is 5. The summed E-state index contributed by atoms with van der Waals surface area (Å²) >= 11 is 0. The highest BCUT2D eigenvalue weighted by molar-refractivity contribution is 5.93. The molecule has 0 saturated carbocycles. The van der Waals surface area contributed by atoms with Gasteiger partial charge < -0.3 is 18.9 Å². The largest absolute Gasteiger partial charge is 0.418 e. The Morgan fingerprint density at radius 3 is 2.44 bits per heavy atom. The molecule has 190 valence electrons. The van der Waals surface area contributed by atoms with Gasteiger partial charge in [-0.2, -0.15) is 13.2 Å². The second-order valence-corrected chi connectivity index (χ2v) is 9.62. The van der Waals surface area contributed by atoms with Gasteiger partial charge in [-0.3, -0.25) is 9.59 Å². The molecule has 2 aliphatic rings. The first-order valence-electron chi connectivity index (χ1n) is 12.1. The Labute approximate surface area is 206 Å². The molecule has 0 radical (unpaired) electrons. The van der Waals surface area contributed by atoms with Crippen molar-refractivity contribution in [1.29, 1.82) is 0 Å². The number of rotatable bonds is 4. The van der Waals surface area contributed by atoms with Gasteiger partial charge in [0.05, 0.1) is 17.6 Å². The summed E-state index contributed by atoms with van der Waals surface area (Å²) in [6.07, 6.45) is 1.58. The van der Waals surface area contributed by atoms with Crippen molar-refractivity contribution in [3.05, 3.63) is 75.7 Å². The van der Waals surface area contributed by atoms with Crippen LogP contribution in [0.25, 0.3) is 5.69 Å². The number of aromatic nitrogens is 3. The fourth-order valence-corrected chi connectivity index (χ4v) is 5.13. The number of halogens is 3. The molecular weight excluding hydrogens is 471 g/mol. The van der Waals surface area contributed by atoms with Crippen LogP contribution in [0.5, 0.6) is 0 Å². The first kappa shape index (κ1) is 24.1. The number of hydrogen-bond donors (Lipinski definition) is 0. The van der Waals surface area contributed by atoms with Gasteiger partial charge in [0, 0.05) is 44.1 Å². The third-order valence-electron chi connectivity index (χ3n) is 7.02. The average molecular weight is 500 g/mol. The minimum atomic E-state index is -4.45. The number of hydrogen-bond acceptors (Lipinski definition) is 4. The zero-order valence-corrected chi connectivity index (χ0v) is 20.3. The van der Waals surface area contributed by atoms with Gasteiger partial charge in [0.2, 0.25) is 0 Å². The van der Waals surface area contributed by atoms with Crippen LogP contribution in [0, 0.1) is 6.92 Å². The summed E-state index contributed by atoms with van der Waals surface area (Å²) in [4.78, 5) is 34.2. The third kappa shape index (κ3) is 4.40. The minimum Gasteiger partial charge on any atom is -0.371 e. The average Bonchev–Trinajstić information content (AvgIpc) is 3.28. The van der Waals surface area contributed by atoms with E-state index >= 15 is 0 Å². The van der Waals surface area contributed by atoms with Crippen LogP contribution in [0.4, 0.5) is 18.9 Å². The highest BCUT2D eigenvalue weighted by Gasteiger charge is 2.36. The van der Waals surface area contributed by atoms with E-state index in [9.17, 15) is 22.8 Å². The van der Waals surface area contributed by atoms with Gasteiger partial charge in [-0.15, -0.1) is 0 Å². The minimum absolute atomic E-state index is 0.162. The molecular formula is C26H28F3N5O2. The SMILES string of the molecule is Cc1cn(-c2ccc3n(c2=O)C[C@@H](C)N(Cc2ccc(C(F)(F)F)c(N4CCCCC4)c2)C3=O)cn1. The van der Waals surface area contributed by atoms with Crippen molar-refractivity contribution in [2.45, 2.75) is 58.4 Å². The summed E-state index contributed by atoms with van der Waals surface area (Å²) in [7, 11) is 0.